The third kappa shape index (κ3) is 1.82. The van der Waals surface area contributed by atoms with Crippen LogP contribution in [0.5, 0.6) is 0 Å². The van der Waals surface area contributed by atoms with Gasteiger partial charge >= 0.3 is 0 Å². The molecule has 10 heavy (non-hydrogen) atoms. The first-order valence-corrected chi connectivity index (χ1v) is 4.56. The second-order valence-electron chi connectivity index (χ2n) is 2.45. The molecule has 0 aliphatic carbocycles. The molecule has 0 aliphatic rings. The monoisotopic (exact) mass is 155 g/mol. The molecule has 0 amide bonds. The van der Waals surface area contributed by atoms with Crippen LogP contribution in [0.4, 0.5) is 0 Å². The van der Waals surface area contributed by atoms with Crippen molar-refractivity contribution >= 4 is 11.3 Å². The lowest BCUT2D eigenvalue weighted by atomic mass is 10.1. The van der Waals surface area contributed by atoms with Crippen LogP contribution < -0.4 is 5.73 Å². The SMILES string of the molecule is CCC[C@H](N)c1ccsc1. The first-order valence-electron chi connectivity index (χ1n) is 3.62. The highest BCUT2D eigenvalue weighted by molar-refractivity contribution is 7.07. The third-order valence-electron chi connectivity index (χ3n) is 1.57. The molecule has 0 fully saturated rings. The summed E-state index contributed by atoms with van der Waals surface area (Å²) in [4.78, 5) is 0. The van der Waals surface area contributed by atoms with E-state index in [9.17, 15) is 0 Å². The molecule has 0 saturated heterocycles. The lowest BCUT2D eigenvalue weighted by molar-refractivity contribution is 0.640. The summed E-state index contributed by atoms with van der Waals surface area (Å²) in [5.74, 6) is 0. The van der Waals surface area contributed by atoms with Gasteiger partial charge < -0.3 is 5.73 Å². The minimum Gasteiger partial charge on any atom is -0.324 e. The van der Waals surface area contributed by atoms with Crippen LogP contribution in [-0.4, -0.2) is 0 Å². The Morgan fingerprint density at radius 3 is 3.00 bits per heavy atom. The maximum absolute atomic E-state index is 5.86. The van der Waals surface area contributed by atoms with Crippen LogP contribution in [0.25, 0.3) is 0 Å². The summed E-state index contributed by atoms with van der Waals surface area (Å²) in [6.45, 7) is 2.16. The molecule has 1 heterocycles. The Balaban J connectivity index is 2.50. The molecule has 1 nitrogen and oxygen atoms in total. The summed E-state index contributed by atoms with van der Waals surface area (Å²) in [6, 6.07) is 2.36. The molecule has 2 heteroatoms. The largest absolute Gasteiger partial charge is 0.324 e. The summed E-state index contributed by atoms with van der Waals surface area (Å²) in [7, 11) is 0. The van der Waals surface area contributed by atoms with Crippen LogP contribution in [0.15, 0.2) is 16.8 Å². The summed E-state index contributed by atoms with van der Waals surface area (Å²) in [5, 5.41) is 4.20. The zero-order valence-electron chi connectivity index (χ0n) is 6.21. The van der Waals surface area contributed by atoms with Crippen LogP contribution in [0.3, 0.4) is 0 Å². The zero-order chi connectivity index (χ0) is 7.40. The van der Waals surface area contributed by atoms with Crippen molar-refractivity contribution in [2.45, 2.75) is 25.8 Å². The summed E-state index contributed by atoms with van der Waals surface area (Å²) in [6.07, 6.45) is 2.26. The van der Waals surface area contributed by atoms with Crippen molar-refractivity contribution in [1.29, 1.82) is 0 Å². The smallest absolute Gasteiger partial charge is 0.0303 e. The van der Waals surface area contributed by atoms with Crippen molar-refractivity contribution in [3.63, 3.8) is 0 Å². The van der Waals surface area contributed by atoms with Crippen molar-refractivity contribution < 1.29 is 0 Å². The third-order valence-corrected chi connectivity index (χ3v) is 2.27. The van der Waals surface area contributed by atoms with Crippen molar-refractivity contribution in [3.8, 4) is 0 Å². The Labute approximate surface area is 65.9 Å². The van der Waals surface area contributed by atoms with Gasteiger partial charge in [-0.1, -0.05) is 13.3 Å². The molecule has 1 rings (SSSR count). The number of rotatable bonds is 3. The quantitative estimate of drug-likeness (QED) is 0.713. The van der Waals surface area contributed by atoms with E-state index in [4.69, 9.17) is 5.73 Å². The van der Waals surface area contributed by atoms with E-state index in [2.05, 4.69) is 23.8 Å². The van der Waals surface area contributed by atoms with Crippen molar-refractivity contribution in [2.24, 2.45) is 5.73 Å². The van der Waals surface area contributed by atoms with E-state index in [1.54, 1.807) is 11.3 Å². The van der Waals surface area contributed by atoms with Crippen LogP contribution in [0.2, 0.25) is 0 Å². The average molecular weight is 155 g/mol. The number of nitrogens with two attached hydrogens (primary N) is 1. The highest BCUT2D eigenvalue weighted by Gasteiger charge is 2.02. The van der Waals surface area contributed by atoms with Crippen molar-refractivity contribution in [3.05, 3.63) is 22.4 Å². The minimum atomic E-state index is 0.260. The first kappa shape index (κ1) is 7.76. The Bertz CT molecular complexity index is 169. The molecular weight excluding hydrogens is 142 g/mol. The molecule has 0 aromatic carbocycles. The molecule has 0 bridgehead atoms. The van der Waals surface area contributed by atoms with E-state index in [1.807, 2.05) is 0 Å². The Morgan fingerprint density at radius 2 is 2.50 bits per heavy atom. The van der Waals surface area contributed by atoms with E-state index in [1.165, 1.54) is 5.56 Å². The van der Waals surface area contributed by atoms with Crippen LogP contribution in [0.1, 0.15) is 31.4 Å². The maximum Gasteiger partial charge on any atom is 0.0303 e. The van der Waals surface area contributed by atoms with Crippen LogP contribution in [-0.2, 0) is 0 Å². The van der Waals surface area contributed by atoms with Crippen molar-refractivity contribution in [1.82, 2.24) is 0 Å². The predicted molar refractivity (Wildman–Crippen MR) is 46.2 cm³/mol. The van der Waals surface area contributed by atoms with E-state index < -0.39 is 0 Å². The second-order valence-corrected chi connectivity index (χ2v) is 3.23. The maximum atomic E-state index is 5.86. The predicted octanol–water partition coefficient (Wildman–Crippen LogP) is 2.55. The lowest BCUT2D eigenvalue weighted by Gasteiger charge is -2.06. The average Bonchev–Trinajstić information content (AvgIpc) is 2.38. The zero-order valence-corrected chi connectivity index (χ0v) is 7.03. The molecule has 1 aromatic rings. The molecule has 0 radical (unpaired) electrons. The van der Waals surface area contributed by atoms with Gasteiger partial charge in [0.2, 0.25) is 0 Å². The molecule has 2 N–H and O–H groups in total. The molecule has 0 spiro atoms. The number of thiophene rings is 1. The van der Waals surface area contributed by atoms with Gasteiger partial charge in [0.05, 0.1) is 0 Å². The van der Waals surface area contributed by atoms with Gasteiger partial charge in [-0.05, 0) is 28.8 Å². The van der Waals surface area contributed by atoms with Gasteiger partial charge in [-0.3, -0.25) is 0 Å². The van der Waals surface area contributed by atoms with E-state index >= 15 is 0 Å². The lowest BCUT2D eigenvalue weighted by Crippen LogP contribution is -2.07. The van der Waals surface area contributed by atoms with E-state index in [-0.39, 0.29) is 6.04 Å². The topological polar surface area (TPSA) is 26.0 Å². The van der Waals surface area contributed by atoms with Gasteiger partial charge in [0.15, 0.2) is 0 Å². The molecule has 0 saturated carbocycles. The fraction of sp³-hybridized carbons (Fsp3) is 0.500. The Morgan fingerprint density at radius 1 is 1.70 bits per heavy atom. The molecular formula is C8H13NS. The summed E-state index contributed by atoms with van der Waals surface area (Å²) >= 11 is 1.71. The Hall–Kier alpha value is -0.340. The molecule has 0 unspecified atom stereocenters. The van der Waals surface area contributed by atoms with Crippen LogP contribution in [0, 0.1) is 0 Å². The number of hydrogen-bond acceptors (Lipinski definition) is 2. The fourth-order valence-corrected chi connectivity index (χ4v) is 1.69. The van der Waals surface area contributed by atoms with Gasteiger partial charge in [0.25, 0.3) is 0 Å². The normalized spacial score (nSPS) is 13.4. The number of hydrogen-bond donors (Lipinski definition) is 1. The molecule has 56 valence electrons. The highest BCUT2D eigenvalue weighted by atomic mass is 32.1. The van der Waals surface area contributed by atoms with E-state index in [0.717, 1.165) is 12.8 Å². The molecule has 1 aromatic heterocycles. The van der Waals surface area contributed by atoms with Gasteiger partial charge in [0.1, 0.15) is 0 Å². The van der Waals surface area contributed by atoms with Gasteiger partial charge in [-0.15, -0.1) is 0 Å². The minimum absolute atomic E-state index is 0.260. The Kier molecular flexibility index (Phi) is 2.90. The fourth-order valence-electron chi connectivity index (χ4n) is 0.964. The van der Waals surface area contributed by atoms with E-state index in [0.29, 0.717) is 0 Å². The summed E-state index contributed by atoms with van der Waals surface area (Å²) < 4.78 is 0. The highest BCUT2D eigenvalue weighted by Crippen LogP contribution is 2.17. The van der Waals surface area contributed by atoms with Crippen LogP contribution >= 0.6 is 11.3 Å². The summed E-state index contributed by atoms with van der Waals surface area (Å²) in [5.41, 5.74) is 7.14. The van der Waals surface area contributed by atoms with Gasteiger partial charge in [-0.25, -0.2) is 0 Å². The molecule has 1 atom stereocenters. The molecule has 0 aliphatic heterocycles. The first-order chi connectivity index (χ1) is 4.84. The van der Waals surface area contributed by atoms with Crippen molar-refractivity contribution in [2.75, 3.05) is 0 Å². The second kappa shape index (κ2) is 3.74. The van der Waals surface area contributed by atoms with Gasteiger partial charge in [-0.2, -0.15) is 11.3 Å². The standard InChI is InChI=1S/C8H13NS/c1-2-3-8(9)7-4-5-10-6-7/h4-6,8H,2-3,9H2,1H3/t8-/m0/s1. The van der Waals surface area contributed by atoms with Gasteiger partial charge in [0, 0.05) is 6.04 Å².